The number of methoxy groups -OCH3 is 1. The number of carbonyl (C=O) groups is 1. The van der Waals surface area contributed by atoms with Gasteiger partial charge < -0.3 is 10.1 Å². The number of hydrogen-bond donors (Lipinski definition) is 1. The molecule has 0 saturated heterocycles. The van der Waals surface area contributed by atoms with Gasteiger partial charge in [-0.3, -0.25) is 4.79 Å². The Hall–Kier alpha value is -1.16. The Morgan fingerprint density at radius 2 is 2.32 bits per heavy atom. The van der Waals surface area contributed by atoms with E-state index in [1.54, 1.807) is 0 Å². The molecule has 0 bridgehead atoms. The third kappa shape index (κ3) is 3.90. The fourth-order valence-electron chi connectivity index (χ4n) is 1.42. The van der Waals surface area contributed by atoms with Crippen LogP contribution in [0.1, 0.15) is 17.3 Å². The van der Waals surface area contributed by atoms with Crippen LogP contribution in [0.2, 0.25) is 5.02 Å². The van der Waals surface area contributed by atoms with Gasteiger partial charge in [0.2, 0.25) is 0 Å². The molecule has 1 unspecified atom stereocenters. The molecule has 0 saturated carbocycles. The Labute approximate surface area is 123 Å². The Morgan fingerprint density at radius 1 is 1.68 bits per heavy atom. The molecule has 4 nitrogen and oxygen atoms in total. The molecule has 0 radical (unpaired) electrons. The van der Waals surface area contributed by atoms with Crippen LogP contribution in [0.3, 0.4) is 0 Å². The van der Waals surface area contributed by atoms with E-state index in [2.05, 4.69) is 21.2 Å². The van der Waals surface area contributed by atoms with Crippen molar-refractivity contribution in [1.82, 2.24) is 5.32 Å². The number of nitrogens with one attached hydrogen (secondary N) is 1. The van der Waals surface area contributed by atoms with E-state index in [1.807, 2.05) is 6.07 Å². The van der Waals surface area contributed by atoms with Crippen LogP contribution in [0.5, 0.6) is 0 Å². The molecule has 1 atom stereocenters. The van der Waals surface area contributed by atoms with Crippen LogP contribution in [0.4, 0.5) is 4.39 Å². The molecule has 0 aliphatic rings. The number of nitriles is 1. The predicted octanol–water partition coefficient (Wildman–Crippen LogP) is 2.90. The van der Waals surface area contributed by atoms with E-state index < -0.39 is 17.3 Å². The molecule has 0 aromatic heterocycles. The minimum atomic E-state index is -1.20. The fourth-order valence-corrected chi connectivity index (χ4v) is 2.04. The zero-order chi connectivity index (χ0) is 14.6. The third-order valence-electron chi connectivity index (χ3n) is 2.31. The van der Waals surface area contributed by atoms with E-state index in [1.165, 1.54) is 20.1 Å². The van der Waals surface area contributed by atoms with Crippen molar-refractivity contribution >= 4 is 33.4 Å². The van der Waals surface area contributed by atoms with Gasteiger partial charge in [0.1, 0.15) is 11.4 Å². The summed E-state index contributed by atoms with van der Waals surface area (Å²) in [4.78, 5) is 12.0. The van der Waals surface area contributed by atoms with Crippen LogP contribution in [0.25, 0.3) is 0 Å². The largest absolute Gasteiger partial charge is 0.381 e. The van der Waals surface area contributed by atoms with E-state index in [-0.39, 0.29) is 21.7 Å². The number of nitrogens with zero attached hydrogens (tertiary/aromatic N) is 1. The molecular formula is C12H11BrClFN2O2. The van der Waals surface area contributed by atoms with Crippen LogP contribution >= 0.6 is 27.5 Å². The number of amides is 1. The van der Waals surface area contributed by atoms with Gasteiger partial charge in [-0.05, 0) is 35.0 Å². The average molecular weight is 350 g/mol. The van der Waals surface area contributed by atoms with Gasteiger partial charge in [0, 0.05) is 12.1 Å². The van der Waals surface area contributed by atoms with Gasteiger partial charge in [-0.15, -0.1) is 0 Å². The molecule has 1 aromatic rings. The molecule has 102 valence electrons. The van der Waals surface area contributed by atoms with Crippen LogP contribution < -0.4 is 5.32 Å². The quantitative estimate of drug-likeness (QED) is 0.850. The first-order chi connectivity index (χ1) is 8.83. The lowest BCUT2D eigenvalue weighted by atomic mass is 10.1. The van der Waals surface area contributed by atoms with Gasteiger partial charge in [-0.25, -0.2) is 4.39 Å². The van der Waals surface area contributed by atoms with Gasteiger partial charge in [0.25, 0.3) is 5.91 Å². The Bertz CT molecular complexity index is 547. The average Bonchev–Trinajstić information content (AvgIpc) is 2.33. The second-order valence-corrected chi connectivity index (χ2v) is 5.31. The first-order valence-electron chi connectivity index (χ1n) is 5.20. The van der Waals surface area contributed by atoms with Gasteiger partial charge in [0.05, 0.1) is 22.7 Å². The minimum absolute atomic E-state index is 0.00731. The number of hydrogen-bond acceptors (Lipinski definition) is 3. The second-order valence-electron chi connectivity index (χ2n) is 4.08. The lowest BCUT2D eigenvalue weighted by Crippen LogP contribution is -2.48. The summed E-state index contributed by atoms with van der Waals surface area (Å²) in [7, 11) is 1.41. The van der Waals surface area contributed by atoms with Crippen LogP contribution in [-0.4, -0.2) is 25.2 Å². The van der Waals surface area contributed by atoms with E-state index in [0.717, 1.165) is 6.07 Å². The van der Waals surface area contributed by atoms with E-state index in [0.29, 0.717) is 0 Å². The molecule has 1 N–H and O–H groups in total. The zero-order valence-corrected chi connectivity index (χ0v) is 12.6. The predicted molar refractivity (Wildman–Crippen MR) is 72.5 cm³/mol. The summed E-state index contributed by atoms with van der Waals surface area (Å²) in [5.41, 5.74) is -1.19. The molecule has 0 fully saturated rings. The van der Waals surface area contributed by atoms with Gasteiger partial charge in [-0.1, -0.05) is 11.6 Å². The summed E-state index contributed by atoms with van der Waals surface area (Å²) in [6, 6.07) is 4.33. The van der Waals surface area contributed by atoms with E-state index in [4.69, 9.17) is 21.6 Å². The molecule has 1 aromatic carbocycles. The maximum atomic E-state index is 13.5. The maximum Gasteiger partial charge on any atom is 0.253 e. The highest BCUT2D eigenvalue weighted by molar-refractivity contribution is 9.10. The zero-order valence-electron chi connectivity index (χ0n) is 10.3. The SMILES string of the molecule is COCC(C)(C#N)NC(=O)c1cc(Cl)cc(F)c1Br. The molecule has 0 aliphatic carbocycles. The highest BCUT2D eigenvalue weighted by Gasteiger charge is 2.28. The van der Waals surface area contributed by atoms with Gasteiger partial charge in [-0.2, -0.15) is 5.26 Å². The topological polar surface area (TPSA) is 62.1 Å². The Balaban J connectivity index is 3.06. The molecule has 0 aliphatic heterocycles. The van der Waals surface area contributed by atoms with E-state index >= 15 is 0 Å². The summed E-state index contributed by atoms with van der Waals surface area (Å²) >= 11 is 8.68. The van der Waals surface area contributed by atoms with Crippen molar-refractivity contribution in [2.24, 2.45) is 0 Å². The fraction of sp³-hybridized carbons (Fsp3) is 0.333. The number of ether oxygens (including phenoxy) is 1. The second kappa shape index (κ2) is 6.33. The number of halogens is 3. The lowest BCUT2D eigenvalue weighted by molar-refractivity contribution is 0.0859. The Kier molecular flexibility index (Phi) is 5.29. The molecule has 1 rings (SSSR count). The van der Waals surface area contributed by atoms with E-state index in [9.17, 15) is 9.18 Å². The monoisotopic (exact) mass is 348 g/mol. The first-order valence-corrected chi connectivity index (χ1v) is 6.37. The van der Waals surface area contributed by atoms with Crippen molar-refractivity contribution in [2.75, 3.05) is 13.7 Å². The molecule has 7 heteroatoms. The standard InChI is InChI=1S/C12H11BrClFN2O2/c1-12(5-16,6-19-2)17-11(18)8-3-7(14)4-9(15)10(8)13/h3-4H,6H2,1-2H3,(H,17,18). The molecular weight excluding hydrogens is 338 g/mol. The summed E-state index contributed by atoms with van der Waals surface area (Å²) in [5.74, 6) is -1.27. The van der Waals surface area contributed by atoms with Crippen molar-refractivity contribution in [3.63, 3.8) is 0 Å². The number of rotatable bonds is 4. The van der Waals surface area contributed by atoms with Crippen LogP contribution in [0, 0.1) is 17.1 Å². The number of benzene rings is 1. The summed E-state index contributed by atoms with van der Waals surface area (Å²) in [6.45, 7) is 1.51. The summed E-state index contributed by atoms with van der Waals surface area (Å²) < 4.78 is 18.3. The van der Waals surface area contributed by atoms with Crippen LogP contribution in [0.15, 0.2) is 16.6 Å². The maximum absolute atomic E-state index is 13.5. The minimum Gasteiger partial charge on any atom is -0.381 e. The van der Waals surface area contributed by atoms with Crippen molar-refractivity contribution in [2.45, 2.75) is 12.5 Å². The first kappa shape index (κ1) is 15.9. The molecule has 0 spiro atoms. The highest BCUT2D eigenvalue weighted by Crippen LogP contribution is 2.25. The lowest BCUT2D eigenvalue weighted by Gasteiger charge is -2.22. The van der Waals surface area contributed by atoms with Gasteiger partial charge >= 0.3 is 0 Å². The van der Waals surface area contributed by atoms with Gasteiger partial charge in [0.15, 0.2) is 0 Å². The molecule has 19 heavy (non-hydrogen) atoms. The molecule has 0 heterocycles. The molecule has 1 amide bonds. The Morgan fingerprint density at radius 3 is 2.84 bits per heavy atom. The smallest absolute Gasteiger partial charge is 0.253 e. The normalized spacial score (nSPS) is 13.5. The van der Waals surface area contributed by atoms with Crippen molar-refractivity contribution < 1.29 is 13.9 Å². The highest BCUT2D eigenvalue weighted by atomic mass is 79.9. The van der Waals surface area contributed by atoms with Crippen LogP contribution in [-0.2, 0) is 4.74 Å². The summed E-state index contributed by atoms with van der Waals surface area (Å²) in [5, 5.41) is 11.6. The third-order valence-corrected chi connectivity index (χ3v) is 3.33. The summed E-state index contributed by atoms with van der Waals surface area (Å²) in [6.07, 6.45) is 0. The number of carbonyl (C=O) groups excluding carboxylic acids is 1. The van der Waals surface area contributed by atoms with Crippen molar-refractivity contribution in [1.29, 1.82) is 5.26 Å². The van der Waals surface area contributed by atoms with Crippen molar-refractivity contribution in [3.05, 3.63) is 33.0 Å². The van der Waals surface area contributed by atoms with Crippen molar-refractivity contribution in [3.8, 4) is 6.07 Å².